The highest BCUT2D eigenvalue weighted by Crippen LogP contribution is 2.20. The molecule has 0 atom stereocenters. The quantitative estimate of drug-likeness (QED) is 0.935. The predicted molar refractivity (Wildman–Crippen MR) is 89.3 cm³/mol. The lowest BCUT2D eigenvalue weighted by Gasteiger charge is -2.21. The lowest BCUT2D eigenvalue weighted by atomic mass is 10.2. The summed E-state index contributed by atoms with van der Waals surface area (Å²) in [5.41, 5.74) is 1.17. The first-order chi connectivity index (χ1) is 10.8. The van der Waals surface area contributed by atoms with Crippen LogP contribution in [0.3, 0.4) is 0 Å². The Kier molecular flexibility index (Phi) is 5.06. The largest absolute Gasteiger partial charge is 0.365 e. The Balaban J connectivity index is 1.67. The molecule has 0 aliphatic carbocycles. The number of halogens is 1. The van der Waals surface area contributed by atoms with Crippen LogP contribution in [0.4, 0.5) is 11.6 Å². The Labute approximate surface area is 135 Å². The van der Waals surface area contributed by atoms with Crippen LogP contribution < -0.4 is 10.2 Å². The van der Waals surface area contributed by atoms with Gasteiger partial charge in [0.15, 0.2) is 0 Å². The van der Waals surface area contributed by atoms with Gasteiger partial charge in [0.25, 0.3) is 0 Å². The molecule has 1 aliphatic heterocycles. The van der Waals surface area contributed by atoms with E-state index in [-0.39, 0.29) is 0 Å². The van der Waals surface area contributed by atoms with Gasteiger partial charge < -0.3 is 10.2 Å². The second kappa shape index (κ2) is 7.40. The molecule has 0 unspecified atom stereocenters. The van der Waals surface area contributed by atoms with Gasteiger partial charge in [-0.25, -0.2) is 15.0 Å². The molecule has 3 heterocycles. The highest BCUT2D eigenvalue weighted by atomic mass is 35.5. The highest BCUT2D eigenvalue weighted by Gasteiger charge is 2.11. The fourth-order valence-electron chi connectivity index (χ4n) is 2.67. The summed E-state index contributed by atoms with van der Waals surface area (Å²) >= 11 is 6.05. The van der Waals surface area contributed by atoms with Crippen LogP contribution in [0.5, 0.6) is 0 Å². The van der Waals surface area contributed by atoms with Gasteiger partial charge in [0.1, 0.15) is 23.0 Å². The smallest absolute Gasteiger partial charge is 0.148 e. The molecule has 0 aromatic carbocycles. The summed E-state index contributed by atoms with van der Waals surface area (Å²) in [5, 5.41) is 3.77. The third kappa shape index (κ3) is 3.85. The topological polar surface area (TPSA) is 53.9 Å². The summed E-state index contributed by atoms with van der Waals surface area (Å²) in [6.45, 7) is 2.86. The molecule has 0 saturated carbocycles. The third-order valence-corrected chi connectivity index (χ3v) is 4.14. The third-order valence-electron chi connectivity index (χ3n) is 3.87. The van der Waals surface area contributed by atoms with E-state index in [9.17, 15) is 0 Å². The minimum atomic E-state index is 0.532. The number of hydrogen-bond acceptors (Lipinski definition) is 5. The first-order valence-electron chi connectivity index (χ1n) is 7.72. The van der Waals surface area contributed by atoms with Crippen LogP contribution in [0.15, 0.2) is 30.9 Å². The van der Waals surface area contributed by atoms with Crippen molar-refractivity contribution in [3.05, 3.63) is 41.4 Å². The fourth-order valence-corrected chi connectivity index (χ4v) is 2.84. The van der Waals surface area contributed by atoms with E-state index in [0.717, 1.165) is 18.9 Å². The molecule has 1 N–H and O–H groups in total. The van der Waals surface area contributed by atoms with E-state index in [4.69, 9.17) is 11.6 Å². The summed E-state index contributed by atoms with van der Waals surface area (Å²) in [7, 11) is 0. The van der Waals surface area contributed by atoms with E-state index in [1.54, 1.807) is 6.20 Å². The van der Waals surface area contributed by atoms with E-state index >= 15 is 0 Å². The average Bonchev–Trinajstić information content (AvgIpc) is 2.84. The maximum Gasteiger partial charge on any atom is 0.148 e. The number of aromatic nitrogens is 3. The Morgan fingerprint density at radius 1 is 1.14 bits per heavy atom. The van der Waals surface area contributed by atoms with Gasteiger partial charge >= 0.3 is 0 Å². The van der Waals surface area contributed by atoms with Crippen LogP contribution in [-0.2, 0) is 6.54 Å². The van der Waals surface area contributed by atoms with Crippen molar-refractivity contribution in [1.82, 2.24) is 15.0 Å². The number of anilines is 2. The summed E-state index contributed by atoms with van der Waals surface area (Å²) in [4.78, 5) is 14.9. The van der Waals surface area contributed by atoms with Gasteiger partial charge in [-0.05, 0) is 30.5 Å². The van der Waals surface area contributed by atoms with Crippen molar-refractivity contribution in [3.8, 4) is 0 Å². The van der Waals surface area contributed by atoms with Crippen molar-refractivity contribution in [2.75, 3.05) is 23.3 Å². The number of rotatable bonds is 4. The first kappa shape index (κ1) is 15.0. The molecule has 0 radical (unpaired) electrons. The van der Waals surface area contributed by atoms with Crippen molar-refractivity contribution in [3.63, 3.8) is 0 Å². The number of pyridine rings is 1. The molecule has 2 aromatic rings. The zero-order valence-electron chi connectivity index (χ0n) is 12.5. The molecule has 1 fully saturated rings. The summed E-state index contributed by atoms with van der Waals surface area (Å²) in [6, 6.07) is 4.16. The lowest BCUT2D eigenvalue weighted by Crippen LogP contribution is -2.25. The Morgan fingerprint density at radius 3 is 2.73 bits per heavy atom. The van der Waals surface area contributed by atoms with Crippen LogP contribution in [0, 0.1) is 0 Å². The van der Waals surface area contributed by atoms with Crippen LogP contribution >= 0.6 is 11.6 Å². The van der Waals surface area contributed by atoms with Crippen molar-refractivity contribution < 1.29 is 0 Å². The summed E-state index contributed by atoms with van der Waals surface area (Å²) < 4.78 is 0. The molecule has 22 heavy (non-hydrogen) atoms. The molecule has 2 aromatic heterocycles. The molecule has 1 saturated heterocycles. The molecule has 5 nitrogen and oxygen atoms in total. The van der Waals surface area contributed by atoms with E-state index in [2.05, 4.69) is 31.2 Å². The van der Waals surface area contributed by atoms with Crippen molar-refractivity contribution >= 4 is 23.2 Å². The number of hydrogen-bond donors (Lipinski definition) is 1. The average molecular weight is 318 g/mol. The second-order valence-corrected chi connectivity index (χ2v) is 5.90. The SMILES string of the molecule is Clc1cncnc1NCc1ccnc(N2CCCCCC2)c1. The monoisotopic (exact) mass is 317 g/mol. The fraction of sp³-hybridized carbons (Fsp3) is 0.438. The minimum Gasteiger partial charge on any atom is -0.365 e. The molecule has 0 amide bonds. The van der Waals surface area contributed by atoms with Crippen LogP contribution in [0.2, 0.25) is 5.02 Å². The maximum absolute atomic E-state index is 6.05. The summed E-state index contributed by atoms with van der Waals surface area (Å²) in [6.07, 6.45) is 10.1. The molecule has 3 rings (SSSR count). The van der Waals surface area contributed by atoms with E-state index in [0.29, 0.717) is 17.4 Å². The first-order valence-corrected chi connectivity index (χ1v) is 8.10. The molecule has 6 heteroatoms. The molecule has 0 bridgehead atoms. The Bertz CT molecular complexity index is 611. The van der Waals surface area contributed by atoms with E-state index in [1.807, 2.05) is 12.3 Å². The zero-order valence-corrected chi connectivity index (χ0v) is 13.3. The van der Waals surface area contributed by atoms with Crippen molar-refractivity contribution in [1.29, 1.82) is 0 Å². The molecular weight excluding hydrogens is 298 g/mol. The number of nitrogens with one attached hydrogen (secondary N) is 1. The van der Waals surface area contributed by atoms with Gasteiger partial charge in [-0.15, -0.1) is 0 Å². The standard InChI is InChI=1S/C16H20ClN5/c17-14-11-18-12-21-16(14)20-10-13-5-6-19-15(9-13)22-7-3-1-2-4-8-22/h5-6,9,11-12H,1-4,7-8,10H2,(H,18,20,21). The lowest BCUT2D eigenvalue weighted by molar-refractivity contribution is 0.726. The second-order valence-electron chi connectivity index (χ2n) is 5.50. The van der Waals surface area contributed by atoms with Crippen LogP contribution in [0.25, 0.3) is 0 Å². The van der Waals surface area contributed by atoms with E-state index < -0.39 is 0 Å². The van der Waals surface area contributed by atoms with Crippen molar-refractivity contribution in [2.45, 2.75) is 32.2 Å². The predicted octanol–water partition coefficient (Wildman–Crippen LogP) is 3.52. The van der Waals surface area contributed by atoms with Crippen LogP contribution in [0.1, 0.15) is 31.2 Å². The summed E-state index contributed by atoms with van der Waals surface area (Å²) in [5.74, 6) is 1.72. The van der Waals surface area contributed by atoms with Gasteiger partial charge in [0.2, 0.25) is 0 Å². The van der Waals surface area contributed by atoms with Gasteiger partial charge in [-0.2, -0.15) is 0 Å². The molecule has 1 aliphatic rings. The molecule has 116 valence electrons. The van der Waals surface area contributed by atoms with Gasteiger partial charge in [0.05, 0.1) is 6.20 Å². The normalized spacial score (nSPS) is 15.4. The van der Waals surface area contributed by atoms with Gasteiger partial charge in [-0.3, -0.25) is 0 Å². The van der Waals surface area contributed by atoms with Crippen molar-refractivity contribution in [2.24, 2.45) is 0 Å². The molecular formula is C16H20ClN5. The highest BCUT2D eigenvalue weighted by molar-refractivity contribution is 6.32. The minimum absolute atomic E-state index is 0.532. The number of nitrogens with zero attached hydrogens (tertiary/aromatic N) is 4. The van der Waals surface area contributed by atoms with E-state index in [1.165, 1.54) is 37.6 Å². The molecule has 0 spiro atoms. The van der Waals surface area contributed by atoms with Gasteiger partial charge in [-0.1, -0.05) is 24.4 Å². The maximum atomic E-state index is 6.05. The van der Waals surface area contributed by atoms with Crippen LogP contribution in [-0.4, -0.2) is 28.0 Å². The zero-order chi connectivity index (χ0) is 15.2. The Morgan fingerprint density at radius 2 is 1.95 bits per heavy atom. The Hall–Kier alpha value is -1.88. The van der Waals surface area contributed by atoms with Gasteiger partial charge in [0, 0.05) is 25.8 Å².